The molecule has 0 fully saturated rings. The third-order valence-corrected chi connectivity index (χ3v) is 4.53. The fourth-order valence-corrected chi connectivity index (χ4v) is 2.95. The van der Waals surface area contributed by atoms with Gasteiger partial charge in [0.05, 0.1) is 18.1 Å². The number of nitrogens with zero attached hydrogens (tertiary/aromatic N) is 4. The van der Waals surface area contributed by atoms with Gasteiger partial charge in [0.15, 0.2) is 10.8 Å². The second-order valence-corrected chi connectivity index (χ2v) is 7.33. The molecular weight excluding hydrogens is 360 g/mol. The Morgan fingerprint density at radius 1 is 1.22 bits per heavy atom. The van der Waals surface area contributed by atoms with E-state index in [-0.39, 0.29) is 5.91 Å². The second kappa shape index (κ2) is 8.85. The number of nitrogens with one attached hydrogen (secondary N) is 2. The van der Waals surface area contributed by atoms with E-state index in [9.17, 15) is 4.79 Å². The highest BCUT2D eigenvalue weighted by molar-refractivity contribution is 7.98. The standard InChI is InChI=1S/C19H24N6OS/c1-13(2)11-21-16-15-12-22-25(17(15)24-19(23-16)27-3)10-9-20-18(26)14-7-5-4-6-8-14/h4-8,12-13H,9-11H2,1-3H3,(H,20,26)(H,21,23,24). The molecular formula is C19H24N6OS. The minimum atomic E-state index is -0.0919. The average molecular weight is 385 g/mol. The van der Waals surface area contributed by atoms with E-state index in [0.29, 0.717) is 29.7 Å². The smallest absolute Gasteiger partial charge is 0.251 e. The van der Waals surface area contributed by atoms with Gasteiger partial charge in [-0.05, 0) is 24.3 Å². The van der Waals surface area contributed by atoms with Gasteiger partial charge in [0.1, 0.15) is 5.82 Å². The van der Waals surface area contributed by atoms with E-state index in [1.54, 1.807) is 18.3 Å². The van der Waals surface area contributed by atoms with Gasteiger partial charge in [0, 0.05) is 18.7 Å². The maximum absolute atomic E-state index is 12.2. The molecule has 0 unspecified atom stereocenters. The number of carbonyl (C=O) groups is 1. The molecule has 0 bridgehead atoms. The molecule has 142 valence electrons. The van der Waals surface area contributed by atoms with Crippen molar-refractivity contribution in [2.45, 2.75) is 25.5 Å². The topological polar surface area (TPSA) is 84.7 Å². The van der Waals surface area contributed by atoms with Crippen LogP contribution in [0.1, 0.15) is 24.2 Å². The highest BCUT2D eigenvalue weighted by atomic mass is 32.2. The van der Waals surface area contributed by atoms with Gasteiger partial charge in [-0.2, -0.15) is 5.10 Å². The van der Waals surface area contributed by atoms with Crippen LogP contribution in [0.2, 0.25) is 0 Å². The Kier molecular flexibility index (Phi) is 6.28. The molecule has 7 nitrogen and oxygen atoms in total. The van der Waals surface area contributed by atoms with Crippen molar-refractivity contribution in [2.24, 2.45) is 5.92 Å². The van der Waals surface area contributed by atoms with E-state index in [1.165, 1.54) is 11.8 Å². The molecule has 2 heterocycles. The minimum Gasteiger partial charge on any atom is -0.369 e. The fourth-order valence-electron chi connectivity index (χ4n) is 2.59. The molecule has 0 atom stereocenters. The lowest BCUT2D eigenvalue weighted by atomic mass is 10.2. The predicted molar refractivity (Wildman–Crippen MR) is 109 cm³/mol. The number of aromatic nitrogens is 4. The first-order valence-corrected chi connectivity index (χ1v) is 10.2. The number of benzene rings is 1. The molecule has 0 saturated heterocycles. The number of rotatable bonds is 8. The highest BCUT2D eigenvalue weighted by Crippen LogP contribution is 2.23. The van der Waals surface area contributed by atoms with Crippen molar-refractivity contribution in [2.75, 3.05) is 24.7 Å². The highest BCUT2D eigenvalue weighted by Gasteiger charge is 2.13. The van der Waals surface area contributed by atoms with E-state index < -0.39 is 0 Å². The lowest BCUT2D eigenvalue weighted by Gasteiger charge is -2.11. The molecule has 2 aromatic heterocycles. The molecule has 0 radical (unpaired) electrons. The zero-order valence-electron chi connectivity index (χ0n) is 15.8. The Hall–Kier alpha value is -2.61. The van der Waals surface area contributed by atoms with Crippen LogP contribution in [-0.2, 0) is 6.54 Å². The Morgan fingerprint density at radius 3 is 2.70 bits per heavy atom. The molecule has 1 aromatic carbocycles. The van der Waals surface area contributed by atoms with E-state index in [0.717, 1.165) is 23.4 Å². The number of hydrogen-bond donors (Lipinski definition) is 2. The summed E-state index contributed by atoms with van der Waals surface area (Å²) < 4.78 is 1.81. The van der Waals surface area contributed by atoms with E-state index in [2.05, 4.69) is 39.5 Å². The van der Waals surface area contributed by atoms with Crippen LogP contribution in [0.3, 0.4) is 0 Å². The molecule has 0 aliphatic carbocycles. The van der Waals surface area contributed by atoms with E-state index >= 15 is 0 Å². The molecule has 0 aliphatic rings. The summed E-state index contributed by atoms with van der Waals surface area (Å²) in [6.45, 7) is 6.14. The van der Waals surface area contributed by atoms with Gasteiger partial charge in [-0.25, -0.2) is 14.6 Å². The lowest BCUT2D eigenvalue weighted by Crippen LogP contribution is -2.27. The second-order valence-electron chi connectivity index (χ2n) is 6.56. The number of fused-ring (bicyclic) bond motifs is 1. The van der Waals surface area contributed by atoms with E-state index in [1.807, 2.05) is 29.1 Å². The summed E-state index contributed by atoms with van der Waals surface area (Å²) in [5.41, 5.74) is 1.42. The Labute approximate surface area is 163 Å². The largest absolute Gasteiger partial charge is 0.369 e. The first-order chi connectivity index (χ1) is 13.1. The van der Waals surface area contributed by atoms with Gasteiger partial charge in [-0.15, -0.1) is 0 Å². The van der Waals surface area contributed by atoms with Crippen molar-refractivity contribution in [3.05, 3.63) is 42.1 Å². The third kappa shape index (κ3) is 4.77. The first-order valence-electron chi connectivity index (χ1n) is 8.93. The minimum absolute atomic E-state index is 0.0919. The van der Waals surface area contributed by atoms with E-state index in [4.69, 9.17) is 0 Å². The Morgan fingerprint density at radius 2 is 2.00 bits per heavy atom. The van der Waals surface area contributed by atoms with Crippen LogP contribution in [-0.4, -0.2) is 45.0 Å². The molecule has 0 aliphatic heterocycles. The number of hydrogen-bond acceptors (Lipinski definition) is 6. The van der Waals surface area contributed by atoms with Crippen molar-refractivity contribution < 1.29 is 4.79 Å². The quantitative estimate of drug-likeness (QED) is 0.459. The zero-order valence-corrected chi connectivity index (χ0v) is 16.6. The van der Waals surface area contributed by atoms with Gasteiger partial charge in [0.2, 0.25) is 0 Å². The van der Waals surface area contributed by atoms with Crippen molar-refractivity contribution in [1.82, 2.24) is 25.1 Å². The maximum Gasteiger partial charge on any atom is 0.251 e. The molecule has 27 heavy (non-hydrogen) atoms. The Balaban J connectivity index is 1.73. The first kappa shape index (κ1) is 19.2. The SMILES string of the molecule is CSc1nc(NCC(C)C)c2cnn(CCNC(=O)c3ccccc3)c2n1. The summed E-state index contributed by atoms with van der Waals surface area (Å²) in [4.78, 5) is 21.3. The van der Waals surface area contributed by atoms with Crippen LogP contribution in [0.15, 0.2) is 41.7 Å². The van der Waals surface area contributed by atoms with Gasteiger partial charge >= 0.3 is 0 Å². The summed E-state index contributed by atoms with van der Waals surface area (Å²) in [7, 11) is 0. The van der Waals surface area contributed by atoms with Crippen molar-refractivity contribution in [1.29, 1.82) is 0 Å². The van der Waals surface area contributed by atoms with Crippen LogP contribution in [0.25, 0.3) is 11.0 Å². The third-order valence-electron chi connectivity index (χ3n) is 3.98. The van der Waals surface area contributed by atoms with Gasteiger partial charge in [-0.3, -0.25) is 4.79 Å². The monoisotopic (exact) mass is 384 g/mol. The van der Waals surface area contributed by atoms with Crippen LogP contribution in [0.4, 0.5) is 5.82 Å². The van der Waals surface area contributed by atoms with Crippen LogP contribution in [0.5, 0.6) is 0 Å². The maximum atomic E-state index is 12.2. The van der Waals surface area contributed by atoms with Crippen LogP contribution in [0, 0.1) is 5.92 Å². The number of amides is 1. The Bertz CT molecular complexity index is 909. The average Bonchev–Trinajstić information content (AvgIpc) is 3.09. The molecule has 3 aromatic rings. The van der Waals surface area contributed by atoms with Gasteiger partial charge in [0.25, 0.3) is 5.91 Å². The summed E-state index contributed by atoms with van der Waals surface area (Å²) in [5.74, 6) is 1.22. The molecule has 0 spiro atoms. The van der Waals surface area contributed by atoms with Crippen molar-refractivity contribution in [3.8, 4) is 0 Å². The van der Waals surface area contributed by atoms with Crippen molar-refractivity contribution >= 4 is 34.5 Å². The van der Waals surface area contributed by atoms with Crippen LogP contribution >= 0.6 is 11.8 Å². The zero-order chi connectivity index (χ0) is 19.2. The summed E-state index contributed by atoms with van der Waals surface area (Å²) in [6.07, 6.45) is 3.73. The van der Waals surface area contributed by atoms with Gasteiger partial charge < -0.3 is 10.6 Å². The predicted octanol–water partition coefficient (Wildman–Crippen LogP) is 3.05. The summed E-state index contributed by atoms with van der Waals surface area (Å²) >= 11 is 1.50. The fraction of sp³-hybridized carbons (Fsp3) is 0.368. The van der Waals surface area contributed by atoms with Gasteiger partial charge in [-0.1, -0.05) is 43.8 Å². The summed E-state index contributed by atoms with van der Waals surface area (Å²) in [6, 6.07) is 9.18. The molecule has 3 rings (SSSR count). The number of thioether (sulfide) groups is 1. The summed E-state index contributed by atoms with van der Waals surface area (Å²) in [5, 5.41) is 12.3. The molecule has 8 heteroatoms. The number of carbonyl (C=O) groups excluding carboxylic acids is 1. The normalized spacial score (nSPS) is 11.1. The molecule has 1 amide bonds. The number of anilines is 1. The molecule has 0 saturated carbocycles. The molecule has 2 N–H and O–H groups in total. The lowest BCUT2D eigenvalue weighted by molar-refractivity contribution is 0.0952. The van der Waals surface area contributed by atoms with Crippen molar-refractivity contribution in [3.63, 3.8) is 0 Å². The van der Waals surface area contributed by atoms with Crippen LogP contribution < -0.4 is 10.6 Å².